The number of nitrogens with one attached hydrogen (secondary N) is 1. The molecule has 6 nitrogen and oxygen atoms in total. The lowest BCUT2D eigenvalue weighted by molar-refractivity contribution is 0.0946. The summed E-state index contributed by atoms with van der Waals surface area (Å²) in [7, 11) is 3.99. The van der Waals surface area contributed by atoms with Crippen LogP contribution >= 0.6 is 0 Å². The number of para-hydroxylation sites is 1. The second-order valence-corrected chi connectivity index (χ2v) is 6.83. The Kier molecular flexibility index (Phi) is 5.99. The highest BCUT2D eigenvalue weighted by Gasteiger charge is 2.14. The Balaban J connectivity index is 1.65. The van der Waals surface area contributed by atoms with Crippen molar-refractivity contribution in [3.8, 4) is 5.75 Å². The highest BCUT2D eigenvalue weighted by molar-refractivity contribution is 5.96. The molecular formula is C22H25N3O3. The maximum absolute atomic E-state index is 12.7. The van der Waals surface area contributed by atoms with Gasteiger partial charge in [0.05, 0.1) is 16.8 Å². The molecule has 0 aliphatic heterocycles. The summed E-state index contributed by atoms with van der Waals surface area (Å²) in [4.78, 5) is 14.7. The molecule has 0 atom stereocenters. The summed E-state index contributed by atoms with van der Waals surface area (Å²) in [5.74, 6) is 1.08. The fourth-order valence-corrected chi connectivity index (χ4v) is 2.83. The molecule has 0 unspecified atom stereocenters. The van der Waals surface area contributed by atoms with Crippen LogP contribution in [-0.4, -0.2) is 25.2 Å². The lowest BCUT2D eigenvalue weighted by atomic mass is 10.1. The van der Waals surface area contributed by atoms with E-state index in [1.54, 1.807) is 12.1 Å². The highest BCUT2D eigenvalue weighted by Crippen LogP contribution is 2.21. The molecule has 0 saturated heterocycles. The first-order chi connectivity index (χ1) is 13.5. The van der Waals surface area contributed by atoms with Gasteiger partial charge in [-0.2, -0.15) is 0 Å². The molecule has 0 bridgehead atoms. The third kappa shape index (κ3) is 4.52. The molecule has 0 fully saturated rings. The number of ether oxygens (including phenoxy) is 1. The van der Waals surface area contributed by atoms with E-state index in [9.17, 15) is 4.79 Å². The lowest BCUT2D eigenvalue weighted by Crippen LogP contribution is -2.23. The summed E-state index contributed by atoms with van der Waals surface area (Å²) in [6.07, 6.45) is 0. The molecule has 0 radical (unpaired) electrons. The number of anilines is 1. The van der Waals surface area contributed by atoms with Crippen LogP contribution in [-0.2, 0) is 13.2 Å². The fourth-order valence-electron chi connectivity index (χ4n) is 2.83. The molecule has 1 heterocycles. The van der Waals surface area contributed by atoms with Gasteiger partial charge in [0, 0.05) is 26.3 Å². The van der Waals surface area contributed by atoms with E-state index in [0.29, 0.717) is 24.5 Å². The number of hydrogen-bond acceptors (Lipinski definition) is 5. The first-order valence-corrected chi connectivity index (χ1v) is 9.13. The molecule has 28 heavy (non-hydrogen) atoms. The number of nitrogens with zero attached hydrogens (tertiary/aromatic N) is 2. The molecule has 0 spiro atoms. The summed E-state index contributed by atoms with van der Waals surface area (Å²) in [6, 6.07) is 15.3. The highest BCUT2D eigenvalue weighted by atomic mass is 16.5. The van der Waals surface area contributed by atoms with Gasteiger partial charge < -0.3 is 19.5 Å². The quantitative estimate of drug-likeness (QED) is 0.675. The Bertz CT molecular complexity index is 926. The number of benzene rings is 2. The first-order valence-electron chi connectivity index (χ1n) is 9.13. The van der Waals surface area contributed by atoms with Gasteiger partial charge in [0.2, 0.25) is 0 Å². The van der Waals surface area contributed by atoms with Crippen LogP contribution in [0.5, 0.6) is 5.75 Å². The van der Waals surface area contributed by atoms with Crippen LogP contribution < -0.4 is 15.0 Å². The first kappa shape index (κ1) is 19.5. The number of aryl methyl sites for hydroxylation is 2. The number of aromatic nitrogens is 1. The van der Waals surface area contributed by atoms with E-state index >= 15 is 0 Å². The van der Waals surface area contributed by atoms with Crippen LogP contribution in [0.4, 0.5) is 5.69 Å². The van der Waals surface area contributed by atoms with Crippen molar-refractivity contribution in [1.82, 2.24) is 10.5 Å². The van der Waals surface area contributed by atoms with E-state index in [1.165, 1.54) is 0 Å². The molecule has 0 saturated carbocycles. The lowest BCUT2D eigenvalue weighted by Gasteiger charge is -2.14. The summed E-state index contributed by atoms with van der Waals surface area (Å²) < 4.78 is 11.1. The van der Waals surface area contributed by atoms with Gasteiger partial charge in [0.1, 0.15) is 18.1 Å². The Hall–Kier alpha value is -3.28. The van der Waals surface area contributed by atoms with E-state index in [-0.39, 0.29) is 5.91 Å². The molecule has 1 amide bonds. The van der Waals surface area contributed by atoms with Gasteiger partial charge in [0.15, 0.2) is 0 Å². The van der Waals surface area contributed by atoms with Crippen molar-refractivity contribution in [2.45, 2.75) is 27.0 Å². The molecule has 6 heteroatoms. The van der Waals surface area contributed by atoms with E-state index in [4.69, 9.17) is 9.26 Å². The topological polar surface area (TPSA) is 67.6 Å². The molecule has 146 valence electrons. The van der Waals surface area contributed by atoms with Crippen LogP contribution in [0, 0.1) is 13.8 Å². The molecular weight excluding hydrogens is 354 g/mol. The number of carbonyl (C=O) groups excluding carboxylic acids is 1. The largest absolute Gasteiger partial charge is 0.488 e. The minimum atomic E-state index is -0.175. The molecule has 0 aliphatic rings. The number of amides is 1. The van der Waals surface area contributed by atoms with Crippen molar-refractivity contribution in [2.75, 3.05) is 19.0 Å². The van der Waals surface area contributed by atoms with Crippen molar-refractivity contribution in [1.29, 1.82) is 0 Å². The van der Waals surface area contributed by atoms with Crippen LogP contribution in [0.2, 0.25) is 0 Å². The Morgan fingerprint density at radius 3 is 2.46 bits per heavy atom. The predicted molar refractivity (Wildman–Crippen MR) is 109 cm³/mol. The van der Waals surface area contributed by atoms with E-state index < -0.39 is 0 Å². The predicted octanol–water partition coefficient (Wildman–Crippen LogP) is 3.87. The zero-order chi connectivity index (χ0) is 20.1. The Labute approximate surface area is 165 Å². The fraction of sp³-hybridized carbons (Fsp3) is 0.273. The average Bonchev–Trinajstić information content (AvgIpc) is 3.02. The standard InChI is InChI=1S/C22H25N3O3/c1-15-20(16(2)28-24-15)14-27-21-8-6-5-7-19(21)22(26)23-13-17-9-11-18(12-10-17)25(3)4/h5-12H,13-14H2,1-4H3,(H,23,26). The van der Waals surface area contributed by atoms with Gasteiger partial charge in [-0.25, -0.2) is 0 Å². The number of hydrogen-bond donors (Lipinski definition) is 1. The molecule has 1 N–H and O–H groups in total. The summed E-state index contributed by atoms with van der Waals surface area (Å²) in [5, 5.41) is 6.89. The van der Waals surface area contributed by atoms with Crippen molar-refractivity contribution >= 4 is 11.6 Å². The molecule has 3 aromatic rings. The van der Waals surface area contributed by atoms with Crippen molar-refractivity contribution in [3.05, 3.63) is 76.7 Å². The van der Waals surface area contributed by atoms with Crippen LogP contribution in [0.1, 0.15) is 32.9 Å². The SMILES string of the molecule is Cc1noc(C)c1COc1ccccc1C(=O)NCc1ccc(N(C)C)cc1. The number of rotatable bonds is 7. The van der Waals surface area contributed by atoms with E-state index in [2.05, 4.69) is 10.5 Å². The second kappa shape index (κ2) is 8.61. The molecule has 3 rings (SSSR count). The zero-order valence-electron chi connectivity index (χ0n) is 16.7. The molecule has 2 aromatic carbocycles. The third-order valence-electron chi connectivity index (χ3n) is 4.59. The third-order valence-corrected chi connectivity index (χ3v) is 4.59. The number of carbonyl (C=O) groups is 1. The monoisotopic (exact) mass is 379 g/mol. The van der Waals surface area contributed by atoms with Crippen molar-refractivity contribution in [3.63, 3.8) is 0 Å². The van der Waals surface area contributed by atoms with Gasteiger partial charge in [0.25, 0.3) is 5.91 Å². The summed E-state index contributed by atoms with van der Waals surface area (Å²) in [5.41, 5.74) is 4.34. The van der Waals surface area contributed by atoms with Crippen molar-refractivity contribution < 1.29 is 14.1 Å². The van der Waals surface area contributed by atoms with Gasteiger partial charge in [-0.15, -0.1) is 0 Å². The summed E-state index contributed by atoms with van der Waals surface area (Å²) in [6.45, 7) is 4.47. The smallest absolute Gasteiger partial charge is 0.255 e. The van der Waals surface area contributed by atoms with E-state index in [1.807, 2.05) is 69.2 Å². The van der Waals surface area contributed by atoms with Crippen LogP contribution in [0.3, 0.4) is 0 Å². The summed E-state index contributed by atoms with van der Waals surface area (Å²) >= 11 is 0. The Morgan fingerprint density at radius 2 is 1.82 bits per heavy atom. The minimum absolute atomic E-state index is 0.175. The van der Waals surface area contributed by atoms with Crippen LogP contribution in [0.25, 0.3) is 0 Å². The van der Waals surface area contributed by atoms with E-state index in [0.717, 1.165) is 28.3 Å². The van der Waals surface area contributed by atoms with Crippen molar-refractivity contribution in [2.24, 2.45) is 0 Å². The molecule has 1 aromatic heterocycles. The average molecular weight is 379 g/mol. The van der Waals surface area contributed by atoms with Gasteiger partial charge in [-0.3, -0.25) is 4.79 Å². The normalized spacial score (nSPS) is 10.6. The minimum Gasteiger partial charge on any atom is -0.488 e. The van der Waals surface area contributed by atoms with Crippen LogP contribution in [0.15, 0.2) is 53.1 Å². The maximum Gasteiger partial charge on any atom is 0.255 e. The molecule has 0 aliphatic carbocycles. The second-order valence-electron chi connectivity index (χ2n) is 6.83. The maximum atomic E-state index is 12.7. The Morgan fingerprint density at radius 1 is 1.11 bits per heavy atom. The van der Waals surface area contributed by atoms with Gasteiger partial charge in [-0.05, 0) is 43.7 Å². The van der Waals surface area contributed by atoms with Gasteiger partial charge in [-0.1, -0.05) is 29.4 Å². The zero-order valence-corrected chi connectivity index (χ0v) is 16.7. The van der Waals surface area contributed by atoms with Gasteiger partial charge >= 0.3 is 0 Å².